The molecule has 2 aliphatic heterocycles. The zero-order chi connectivity index (χ0) is 27.7. The van der Waals surface area contributed by atoms with Gasteiger partial charge in [-0.15, -0.1) is 0 Å². The number of rotatable bonds is 3. The Morgan fingerprint density at radius 3 is 2.35 bits per heavy atom. The first-order chi connectivity index (χ1) is 19.3. The molecule has 2 heterocycles. The number of carbonyl (C=O) groups is 3. The minimum Gasteiger partial charge on any atom is -0.425 e. The molecule has 0 saturated carbocycles. The number of amides is 2. The summed E-state index contributed by atoms with van der Waals surface area (Å²) in [5.74, 6) is -4.63. The number of aryl methyl sites for hydroxylation is 1. The number of non-ortho nitro benzene ring substituents is 1. The fraction of sp³-hybridized carbons (Fsp3) is 0.156. The number of hydrogen-bond acceptors (Lipinski definition) is 6. The number of nitrogens with zero attached hydrogens (tertiary/aromatic N) is 2. The lowest BCUT2D eigenvalue weighted by molar-refractivity contribution is -0.384. The molecule has 40 heavy (non-hydrogen) atoms. The third kappa shape index (κ3) is 3.35. The highest BCUT2D eigenvalue weighted by Crippen LogP contribution is 2.56. The van der Waals surface area contributed by atoms with E-state index >= 15 is 0 Å². The molecule has 4 aromatic carbocycles. The molecule has 1 fully saturated rings. The summed E-state index contributed by atoms with van der Waals surface area (Å²) >= 11 is 0. The summed E-state index contributed by atoms with van der Waals surface area (Å²) in [5, 5.41) is 13.4. The van der Waals surface area contributed by atoms with Crippen LogP contribution in [0.3, 0.4) is 0 Å². The lowest BCUT2D eigenvalue weighted by atomic mass is 9.64. The number of nitro benzene ring substituents is 1. The minimum absolute atomic E-state index is 0.155. The van der Waals surface area contributed by atoms with E-state index in [1.165, 1.54) is 18.2 Å². The lowest BCUT2D eigenvalue weighted by Crippen LogP contribution is -2.42. The predicted molar refractivity (Wildman–Crippen MR) is 148 cm³/mol. The largest absolute Gasteiger partial charge is 0.425 e. The Hall–Kier alpha value is -5.11. The fourth-order valence-electron chi connectivity index (χ4n) is 6.52. The van der Waals surface area contributed by atoms with Crippen LogP contribution in [0.5, 0.6) is 5.75 Å². The van der Waals surface area contributed by atoms with Crippen molar-refractivity contribution in [3.63, 3.8) is 0 Å². The Bertz CT molecular complexity index is 1810. The van der Waals surface area contributed by atoms with Crippen molar-refractivity contribution in [1.29, 1.82) is 0 Å². The van der Waals surface area contributed by atoms with Crippen LogP contribution in [0.2, 0.25) is 0 Å². The van der Waals surface area contributed by atoms with Gasteiger partial charge >= 0.3 is 5.97 Å². The summed E-state index contributed by atoms with van der Waals surface area (Å²) in [6, 6.07) is 24.9. The number of fused-ring (bicyclic) bond motifs is 7. The van der Waals surface area contributed by atoms with Crippen LogP contribution in [-0.4, -0.2) is 22.7 Å². The van der Waals surface area contributed by atoms with Gasteiger partial charge in [-0.2, -0.15) is 0 Å². The van der Waals surface area contributed by atoms with Crippen molar-refractivity contribution >= 4 is 45.5 Å². The first-order valence-electron chi connectivity index (χ1n) is 13.0. The van der Waals surface area contributed by atoms with E-state index in [1.807, 2.05) is 66.7 Å². The van der Waals surface area contributed by atoms with Crippen LogP contribution in [0.15, 0.2) is 91.0 Å². The molecule has 1 aliphatic carbocycles. The van der Waals surface area contributed by atoms with Crippen molar-refractivity contribution in [3.8, 4) is 5.75 Å². The van der Waals surface area contributed by atoms with Gasteiger partial charge in [0.25, 0.3) is 5.69 Å². The Kier molecular flexibility index (Phi) is 5.22. The van der Waals surface area contributed by atoms with E-state index in [2.05, 4.69) is 0 Å². The first-order valence-corrected chi connectivity index (χ1v) is 13.0. The molecule has 0 bridgehead atoms. The summed E-state index contributed by atoms with van der Waals surface area (Å²) in [6.07, 6.45) is 1.95. The second-order valence-electron chi connectivity index (χ2n) is 10.4. The number of carbonyl (C=O) groups excluding carboxylic acids is 3. The summed E-state index contributed by atoms with van der Waals surface area (Å²) in [7, 11) is 0. The molecule has 3 aliphatic rings. The predicted octanol–water partition coefficient (Wildman–Crippen LogP) is 5.58. The standard InChI is InChI=1S/C32H22N2O6/c1-17-11-13-20(34(38)39)15-24(17)33-30(35)27-22(18-7-3-2-4-8-18)16-23-26-21-10-6-5-9-19(21)12-14-25(26)40-32(37)28(23)29(27)31(33)36/h2-16,22,27-29H,1H3/t22-,27-,28-,29+/m1/s1. The second kappa shape index (κ2) is 8.71. The van der Waals surface area contributed by atoms with Gasteiger partial charge in [0.1, 0.15) is 5.75 Å². The molecule has 2 amide bonds. The quantitative estimate of drug-likeness (QED) is 0.113. The topological polar surface area (TPSA) is 107 Å². The van der Waals surface area contributed by atoms with Crippen molar-refractivity contribution in [1.82, 2.24) is 0 Å². The van der Waals surface area contributed by atoms with Crippen molar-refractivity contribution < 1.29 is 24.0 Å². The van der Waals surface area contributed by atoms with Gasteiger partial charge in [0.2, 0.25) is 11.8 Å². The van der Waals surface area contributed by atoms with Gasteiger partial charge in [0.15, 0.2) is 0 Å². The molecule has 0 radical (unpaired) electrons. The third-order valence-corrected chi connectivity index (χ3v) is 8.31. The third-order valence-electron chi connectivity index (χ3n) is 8.31. The molecular weight excluding hydrogens is 508 g/mol. The normalized spacial score (nSPS) is 23.3. The van der Waals surface area contributed by atoms with E-state index in [0.29, 0.717) is 16.9 Å². The molecule has 4 aromatic rings. The number of benzene rings is 4. The van der Waals surface area contributed by atoms with Crippen LogP contribution in [0.4, 0.5) is 11.4 Å². The number of hydrogen-bond donors (Lipinski definition) is 0. The van der Waals surface area contributed by atoms with Crippen LogP contribution in [-0.2, 0) is 14.4 Å². The maximum atomic E-state index is 14.2. The Labute approximate surface area is 228 Å². The average Bonchev–Trinajstić information content (AvgIpc) is 3.22. The monoisotopic (exact) mass is 530 g/mol. The molecule has 7 rings (SSSR count). The number of nitro groups is 1. The van der Waals surface area contributed by atoms with Crippen molar-refractivity contribution in [2.24, 2.45) is 17.8 Å². The second-order valence-corrected chi connectivity index (χ2v) is 10.4. The lowest BCUT2D eigenvalue weighted by Gasteiger charge is -2.38. The maximum Gasteiger partial charge on any atom is 0.319 e. The van der Waals surface area contributed by atoms with Crippen molar-refractivity contribution in [2.45, 2.75) is 12.8 Å². The minimum atomic E-state index is -1.03. The number of ether oxygens (including phenoxy) is 1. The van der Waals surface area contributed by atoms with E-state index in [-0.39, 0.29) is 11.4 Å². The van der Waals surface area contributed by atoms with Gasteiger partial charge in [0, 0.05) is 23.6 Å². The van der Waals surface area contributed by atoms with E-state index in [9.17, 15) is 24.5 Å². The molecule has 1 saturated heterocycles. The number of esters is 1. The Balaban J connectivity index is 1.46. The molecular formula is C32H22N2O6. The zero-order valence-electron chi connectivity index (χ0n) is 21.3. The van der Waals surface area contributed by atoms with E-state index in [1.54, 1.807) is 13.0 Å². The molecule has 4 atom stereocenters. The number of allylic oxidation sites excluding steroid dienone is 1. The highest BCUT2D eigenvalue weighted by atomic mass is 16.6. The summed E-state index contributed by atoms with van der Waals surface area (Å²) in [5.41, 5.74) is 2.71. The van der Waals surface area contributed by atoms with Crippen LogP contribution in [0, 0.1) is 34.8 Å². The zero-order valence-corrected chi connectivity index (χ0v) is 21.3. The Morgan fingerprint density at radius 2 is 1.57 bits per heavy atom. The summed E-state index contributed by atoms with van der Waals surface area (Å²) in [6.45, 7) is 1.69. The van der Waals surface area contributed by atoms with Crippen LogP contribution in [0.25, 0.3) is 16.3 Å². The van der Waals surface area contributed by atoms with Crippen LogP contribution in [0.1, 0.15) is 22.6 Å². The highest BCUT2D eigenvalue weighted by molar-refractivity contribution is 6.25. The highest BCUT2D eigenvalue weighted by Gasteiger charge is 2.60. The maximum absolute atomic E-state index is 14.2. The van der Waals surface area contributed by atoms with Crippen molar-refractivity contribution in [3.05, 3.63) is 118 Å². The van der Waals surface area contributed by atoms with Gasteiger partial charge in [-0.25, -0.2) is 4.90 Å². The van der Waals surface area contributed by atoms with E-state index in [0.717, 1.165) is 26.8 Å². The van der Waals surface area contributed by atoms with E-state index < -0.39 is 46.4 Å². The smallest absolute Gasteiger partial charge is 0.319 e. The van der Waals surface area contributed by atoms with Crippen molar-refractivity contribution in [2.75, 3.05) is 4.90 Å². The summed E-state index contributed by atoms with van der Waals surface area (Å²) < 4.78 is 5.81. The van der Waals surface area contributed by atoms with Gasteiger partial charge in [0.05, 0.1) is 28.4 Å². The SMILES string of the molecule is Cc1ccc([N+](=O)[O-])cc1N1C(=O)[C@@H]2[C@@H]3C(=O)Oc4ccc5ccccc5c4C3=C[C@H](c3ccccc3)[C@H]2C1=O. The molecule has 8 nitrogen and oxygen atoms in total. The fourth-order valence-corrected chi connectivity index (χ4v) is 6.52. The van der Waals surface area contributed by atoms with Gasteiger partial charge in [-0.1, -0.05) is 72.8 Å². The molecule has 0 N–H and O–H groups in total. The molecule has 8 heteroatoms. The van der Waals surface area contributed by atoms with Crippen LogP contribution >= 0.6 is 0 Å². The van der Waals surface area contributed by atoms with Gasteiger partial charge < -0.3 is 4.74 Å². The summed E-state index contributed by atoms with van der Waals surface area (Å²) in [4.78, 5) is 54.0. The first kappa shape index (κ1) is 24.0. The number of imide groups is 1. The number of anilines is 1. The molecule has 196 valence electrons. The molecule has 0 unspecified atom stereocenters. The molecule has 0 spiro atoms. The molecule has 0 aromatic heterocycles. The average molecular weight is 531 g/mol. The van der Waals surface area contributed by atoms with Crippen LogP contribution < -0.4 is 9.64 Å². The van der Waals surface area contributed by atoms with Gasteiger partial charge in [-0.05, 0) is 40.5 Å². The Morgan fingerprint density at radius 1 is 0.850 bits per heavy atom. The van der Waals surface area contributed by atoms with Gasteiger partial charge in [-0.3, -0.25) is 24.5 Å². The van der Waals surface area contributed by atoms with E-state index in [4.69, 9.17) is 4.74 Å².